The molecule has 3 nitrogen and oxygen atoms in total. The largest absolute Gasteiger partial charge is 0.306 e. The van der Waals surface area contributed by atoms with Gasteiger partial charge in [0.2, 0.25) is 0 Å². The topological polar surface area (TPSA) is 9.72 Å². The molecule has 0 atom stereocenters. The lowest BCUT2D eigenvalue weighted by molar-refractivity contribution is -0.0346. The van der Waals surface area contributed by atoms with Crippen LogP contribution in [0.1, 0.15) is 259 Å². The van der Waals surface area contributed by atoms with E-state index in [4.69, 9.17) is 0 Å². The van der Waals surface area contributed by atoms with Gasteiger partial charge in [-0.25, -0.2) is 0 Å². The van der Waals surface area contributed by atoms with Gasteiger partial charge in [-0.2, -0.15) is 0 Å². The van der Waals surface area contributed by atoms with Gasteiger partial charge in [-0.1, -0.05) is 180 Å². The highest BCUT2D eigenvalue weighted by atomic mass is 15.2. The molecule has 3 heteroatoms. The molecule has 0 amide bonds. The van der Waals surface area contributed by atoms with Crippen molar-refractivity contribution in [3.8, 4) is 0 Å². The summed E-state index contributed by atoms with van der Waals surface area (Å²) in [5.74, 6) is 2.60. The Morgan fingerprint density at radius 3 is 0.898 bits per heavy atom. The number of hydrogen-bond acceptors (Lipinski definition) is 3. The van der Waals surface area contributed by atoms with Crippen LogP contribution in [0.2, 0.25) is 0 Å². The molecule has 0 N–H and O–H groups in total. The van der Waals surface area contributed by atoms with Gasteiger partial charge in [0.15, 0.2) is 0 Å². The van der Waals surface area contributed by atoms with Crippen LogP contribution >= 0.6 is 0 Å². The highest BCUT2D eigenvalue weighted by Crippen LogP contribution is 2.52. The molecule has 3 fully saturated rings. The Hall–Kier alpha value is -0.120. The van der Waals surface area contributed by atoms with Gasteiger partial charge in [0, 0.05) is 11.1 Å². The van der Waals surface area contributed by atoms with Crippen LogP contribution in [0.4, 0.5) is 0 Å². The SMILES string of the molecule is C.CC.CC.CC.CC.CCC(C)(C)C(C)(C)C1CCN(C(C)(C)CC(C)(C)C)CC1.CCC(C)(C)C(C)(C)C1CCN(C(C)(C)CC(C)(C)C2CCN(C)CC2)CC1. The van der Waals surface area contributed by atoms with E-state index in [9.17, 15) is 0 Å². The summed E-state index contributed by atoms with van der Waals surface area (Å²) in [6.45, 7) is 70.5. The van der Waals surface area contributed by atoms with Crippen LogP contribution < -0.4 is 0 Å². The van der Waals surface area contributed by atoms with E-state index >= 15 is 0 Å². The molecule has 0 aromatic carbocycles. The second-order valence-electron chi connectivity index (χ2n) is 23.5. The van der Waals surface area contributed by atoms with Crippen molar-refractivity contribution in [1.29, 1.82) is 0 Å². The second kappa shape index (κ2) is 27.9. The Labute approximate surface area is 379 Å². The zero-order chi connectivity index (χ0) is 46.8. The molecule has 0 aromatic heterocycles. The van der Waals surface area contributed by atoms with E-state index in [-0.39, 0.29) is 7.43 Å². The lowest BCUT2D eigenvalue weighted by Crippen LogP contribution is -2.53. The number of nitrogens with zero attached hydrogens (tertiary/aromatic N) is 3. The molecule has 0 saturated carbocycles. The molecular weight excluding hydrogens is 715 g/mol. The molecule has 0 spiro atoms. The third-order valence-corrected chi connectivity index (χ3v) is 16.7. The Morgan fingerprint density at radius 2 is 0.644 bits per heavy atom. The van der Waals surface area contributed by atoms with Gasteiger partial charge in [-0.3, -0.25) is 9.80 Å². The van der Waals surface area contributed by atoms with Crippen LogP contribution in [0.5, 0.6) is 0 Å². The minimum Gasteiger partial charge on any atom is -0.306 e. The molecule has 59 heavy (non-hydrogen) atoms. The minimum absolute atomic E-state index is 0. The predicted octanol–water partition coefficient (Wildman–Crippen LogP) is 17.8. The fourth-order valence-electron chi connectivity index (χ4n) is 11.0. The molecule has 0 unspecified atom stereocenters. The normalized spacial score (nSPS) is 19.1. The summed E-state index contributed by atoms with van der Waals surface area (Å²) in [5.41, 5.74) is 3.18. The van der Waals surface area contributed by atoms with Crippen LogP contribution in [0.25, 0.3) is 0 Å². The third kappa shape index (κ3) is 19.7. The molecule has 3 aliphatic rings. The summed E-state index contributed by atoms with van der Waals surface area (Å²) >= 11 is 0. The molecule has 362 valence electrons. The van der Waals surface area contributed by atoms with Crippen LogP contribution in [0, 0.1) is 50.2 Å². The van der Waals surface area contributed by atoms with Crippen LogP contribution in [0.15, 0.2) is 0 Å². The maximum absolute atomic E-state index is 2.83. The number of likely N-dealkylation sites (tertiary alicyclic amines) is 3. The first-order valence-corrected chi connectivity index (χ1v) is 25.6. The van der Waals surface area contributed by atoms with E-state index in [2.05, 4.69) is 153 Å². The van der Waals surface area contributed by atoms with Crippen molar-refractivity contribution in [1.82, 2.24) is 14.7 Å². The van der Waals surface area contributed by atoms with E-state index in [0.29, 0.717) is 43.6 Å². The Morgan fingerprint density at radius 1 is 0.390 bits per heavy atom. The average Bonchev–Trinajstić information content (AvgIpc) is 3.17. The van der Waals surface area contributed by atoms with Crippen molar-refractivity contribution in [3.05, 3.63) is 0 Å². The number of hydrogen-bond donors (Lipinski definition) is 0. The molecule has 0 bridgehead atoms. The van der Waals surface area contributed by atoms with E-state index in [0.717, 1.165) is 17.8 Å². The average molecular weight is 839 g/mol. The molecule has 0 aromatic rings. The van der Waals surface area contributed by atoms with Crippen molar-refractivity contribution < 1.29 is 0 Å². The summed E-state index contributed by atoms with van der Waals surface area (Å²) in [6, 6.07) is 0. The lowest BCUT2D eigenvalue weighted by Gasteiger charge is -2.53. The fraction of sp³-hybridized carbons (Fsp3) is 1.00. The van der Waals surface area contributed by atoms with Crippen molar-refractivity contribution in [3.63, 3.8) is 0 Å². The van der Waals surface area contributed by atoms with Crippen molar-refractivity contribution in [2.75, 3.05) is 46.3 Å². The molecule has 0 aliphatic carbocycles. The second-order valence-corrected chi connectivity index (χ2v) is 23.5. The van der Waals surface area contributed by atoms with E-state index in [1.54, 1.807) is 0 Å². The van der Waals surface area contributed by atoms with Gasteiger partial charge < -0.3 is 4.90 Å². The van der Waals surface area contributed by atoms with Gasteiger partial charge in [0.05, 0.1) is 0 Å². The van der Waals surface area contributed by atoms with Gasteiger partial charge in [-0.05, 0) is 176 Å². The molecule has 3 heterocycles. The van der Waals surface area contributed by atoms with Crippen LogP contribution in [-0.2, 0) is 0 Å². The van der Waals surface area contributed by atoms with E-state index in [1.807, 2.05) is 55.4 Å². The summed E-state index contributed by atoms with van der Waals surface area (Å²) in [5, 5.41) is 0. The first kappa shape index (κ1) is 65.5. The lowest BCUT2D eigenvalue weighted by atomic mass is 9.58. The number of piperidine rings is 3. The van der Waals surface area contributed by atoms with E-state index in [1.165, 1.54) is 103 Å². The zero-order valence-corrected chi connectivity index (χ0v) is 46.4. The number of rotatable bonds is 12. The Bertz CT molecular complexity index is 998. The molecule has 3 aliphatic heterocycles. The van der Waals surface area contributed by atoms with E-state index < -0.39 is 0 Å². The molecule has 3 rings (SSSR count). The summed E-state index contributed by atoms with van der Waals surface area (Å²) < 4.78 is 0. The highest BCUT2D eigenvalue weighted by molar-refractivity contribution is 4.98. The van der Waals surface area contributed by atoms with Crippen LogP contribution in [0.3, 0.4) is 0 Å². The van der Waals surface area contributed by atoms with Crippen LogP contribution in [-0.4, -0.2) is 72.1 Å². The van der Waals surface area contributed by atoms with Gasteiger partial charge >= 0.3 is 0 Å². The summed E-state index contributed by atoms with van der Waals surface area (Å²) in [4.78, 5) is 8.08. The first-order chi connectivity index (χ1) is 26.5. The van der Waals surface area contributed by atoms with Crippen molar-refractivity contribution in [2.45, 2.75) is 270 Å². The third-order valence-electron chi connectivity index (χ3n) is 16.7. The standard InChI is InChI=1S/C26H52N2.C21H43N.4C2H6.CH4/c1-11-24(4,5)26(8,9)22-14-18-28(19-15-22)25(6,7)20-23(2,3)21-12-16-27(10)17-13-21;1-11-19(5,6)21(9,10)17-12-14-22(15-13-17)20(7,8)16-18(2,3)4;4*1-2;/h21-22H,11-20H2,1-10H3;17H,11-16H2,1-10H3;4*1-2H3;1H4. The van der Waals surface area contributed by atoms with Gasteiger partial charge in [-0.15, -0.1) is 0 Å². The maximum Gasteiger partial charge on any atom is 0.0158 e. The molecule has 0 radical (unpaired) electrons. The zero-order valence-electron chi connectivity index (χ0n) is 46.4. The molecular formula is C56H123N3. The molecule has 3 saturated heterocycles. The van der Waals surface area contributed by atoms with Gasteiger partial charge in [0.25, 0.3) is 0 Å². The fourth-order valence-corrected chi connectivity index (χ4v) is 11.0. The van der Waals surface area contributed by atoms with Gasteiger partial charge in [0.1, 0.15) is 0 Å². The summed E-state index contributed by atoms with van der Waals surface area (Å²) in [6.07, 6.45) is 13.4. The smallest absolute Gasteiger partial charge is 0.0158 e. The monoisotopic (exact) mass is 838 g/mol. The van der Waals surface area contributed by atoms with Crippen molar-refractivity contribution in [2.24, 2.45) is 50.2 Å². The Balaban J connectivity index is -0.000000440. The first-order valence-electron chi connectivity index (χ1n) is 25.6. The predicted molar refractivity (Wildman–Crippen MR) is 277 cm³/mol. The minimum atomic E-state index is 0. The quantitative estimate of drug-likeness (QED) is 0.194. The highest BCUT2D eigenvalue weighted by Gasteiger charge is 2.46. The Kier molecular flexibility index (Phi) is 31.0. The van der Waals surface area contributed by atoms with Crippen molar-refractivity contribution >= 4 is 0 Å². The summed E-state index contributed by atoms with van der Waals surface area (Å²) in [7, 11) is 2.28. The maximum atomic E-state index is 2.83.